The third-order valence-corrected chi connectivity index (χ3v) is 6.50. The number of thiazole rings is 1. The molecule has 0 saturated heterocycles. The average molecular weight is 490 g/mol. The number of esters is 1. The number of halogens is 1. The van der Waals surface area contributed by atoms with Crippen molar-refractivity contribution >= 4 is 28.0 Å². The second-order valence-electron chi connectivity index (χ2n) is 7.48. The van der Waals surface area contributed by atoms with E-state index in [0.29, 0.717) is 5.01 Å². The largest absolute Gasteiger partial charge is 0.461 e. The van der Waals surface area contributed by atoms with Crippen molar-refractivity contribution in [3.8, 4) is 0 Å². The van der Waals surface area contributed by atoms with Gasteiger partial charge < -0.3 is 15.3 Å². The minimum atomic E-state index is -1.21. The molecule has 4 aromatic rings. The summed E-state index contributed by atoms with van der Waals surface area (Å²) < 4.78 is 17.8. The van der Waals surface area contributed by atoms with E-state index in [4.69, 9.17) is 15.5 Å². The third-order valence-electron chi connectivity index (χ3n) is 5.49. The number of hydrogen-bond donors (Lipinski definition) is 1. The van der Waals surface area contributed by atoms with Crippen LogP contribution in [-0.2, 0) is 19.8 Å². The number of rotatable bonds is 9. The Kier molecular flexibility index (Phi) is 7.52. The number of anilines is 1. The van der Waals surface area contributed by atoms with Crippen molar-refractivity contribution in [2.45, 2.75) is 12.3 Å². The number of nitrogens with two attached hydrogens (primary N) is 1. The maximum atomic E-state index is 12.7. The van der Waals surface area contributed by atoms with Crippen LogP contribution in [0, 0.1) is 0 Å². The van der Waals surface area contributed by atoms with Crippen LogP contribution in [0.3, 0.4) is 0 Å². The van der Waals surface area contributed by atoms with Gasteiger partial charge in [0.15, 0.2) is 0 Å². The highest BCUT2D eigenvalue weighted by molar-refractivity contribution is 7.16. The second-order valence-corrected chi connectivity index (χ2v) is 8.51. The van der Waals surface area contributed by atoms with Crippen LogP contribution in [0.5, 0.6) is 0 Å². The quantitative estimate of drug-likeness (QED) is 0.149. The number of ether oxygens (including phenoxy) is 1. The van der Waals surface area contributed by atoms with Crippen LogP contribution in [0.15, 0.2) is 96.2 Å². The fourth-order valence-electron chi connectivity index (χ4n) is 4.06. The average Bonchev–Trinajstić information content (AvgIpc) is 3.28. The molecule has 0 bridgehead atoms. The summed E-state index contributed by atoms with van der Waals surface area (Å²) in [7, 11) is 0. The Hall–Kier alpha value is -4.04. The van der Waals surface area contributed by atoms with Gasteiger partial charge in [-0.05, 0) is 23.6 Å². The Balaban J connectivity index is 2.03. The second kappa shape index (κ2) is 10.9. The van der Waals surface area contributed by atoms with Gasteiger partial charge in [-0.15, -0.1) is 0 Å². The number of carbonyl (C=O) groups excluding carboxylic acids is 1. The van der Waals surface area contributed by atoms with Gasteiger partial charge in [-0.2, -0.15) is 0 Å². The van der Waals surface area contributed by atoms with Crippen LogP contribution in [0.2, 0.25) is 0 Å². The fourth-order valence-corrected chi connectivity index (χ4v) is 5.15. The summed E-state index contributed by atoms with van der Waals surface area (Å²) in [4.78, 5) is 22.0. The molecule has 2 N–H and O–H groups in total. The van der Waals surface area contributed by atoms with Crippen molar-refractivity contribution in [2.75, 3.05) is 19.2 Å². The van der Waals surface area contributed by atoms with Crippen molar-refractivity contribution in [2.24, 2.45) is 5.16 Å². The normalized spacial score (nSPS) is 11.8. The number of carbonyl (C=O) groups is 1. The van der Waals surface area contributed by atoms with Gasteiger partial charge in [0, 0.05) is 0 Å². The fraction of sp³-hybridized carbons (Fsp3) is 0.148. The van der Waals surface area contributed by atoms with E-state index in [2.05, 4.69) is 9.99 Å². The molecule has 0 aliphatic carbocycles. The Bertz CT molecular complexity index is 1200. The molecule has 35 heavy (non-hydrogen) atoms. The van der Waals surface area contributed by atoms with Crippen molar-refractivity contribution < 1.29 is 18.8 Å². The maximum Gasteiger partial charge on any atom is 0.362 e. The summed E-state index contributed by atoms with van der Waals surface area (Å²) in [6, 6.07) is 29.8. The molecule has 1 heterocycles. The van der Waals surface area contributed by atoms with Gasteiger partial charge in [-0.1, -0.05) is 107 Å². The highest BCUT2D eigenvalue weighted by Crippen LogP contribution is 2.47. The molecule has 1 aromatic heterocycles. The highest BCUT2D eigenvalue weighted by Gasteiger charge is 2.42. The molecule has 0 atom stereocenters. The van der Waals surface area contributed by atoms with Crippen LogP contribution < -0.4 is 5.73 Å². The first-order valence-electron chi connectivity index (χ1n) is 11.0. The zero-order valence-electron chi connectivity index (χ0n) is 19.1. The number of benzene rings is 3. The lowest BCUT2D eigenvalue weighted by Crippen LogP contribution is -2.31. The van der Waals surface area contributed by atoms with E-state index in [9.17, 15) is 9.18 Å². The predicted molar refractivity (Wildman–Crippen MR) is 135 cm³/mol. The predicted octanol–water partition coefficient (Wildman–Crippen LogP) is 5.32. The Morgan fingerprint density at radius 2 is 1.43 bits per heavy atom. The summed E-state index contributed by atoms with van der Waals surface area (Å²) in [5.41, 5.74) is 8.25. The summed E-state index contributed by atoms with van der Waals surface area (Å²) in [5.74, 6) is -0.797. The summed E-state index contributed by atoms with van der Waals surface area (Å²) >= 11 is 1.23. The molecule has 6 nitrogen and oxygen atoms in total. The van der Waals surface area contributed by atoms with E-state index in [1.54, 1.807) is 6.92 Å². The van der Waals surface area contributed by atoms with Crippen LogP contribution in [0.4, 0.5) is 9.39 Å². The molecule has 178 valence electrons. The minimum absolute atomic E-state index is 0.0871. The van der Waals surface area contributed by atoms with Crippen LogP contribution in [0.1, 0.15) is 34.3 Å². The van der Waals surface area contributed by atoms with Crippen molar-refractivity contribution in [3.05, 3.63) is 118 Å². The SMILES string of the molecule is CCOC(=O)/C(=N\OCF)c1nc(C(c2ccccc2)(c2ccccc2)c2ccccc2)sc1N. The summed E-state index contributed by atoms with van der Waals surface area (Å²) in [5, 5.41) is 4.49. The first kappa shape index (κ1) is 24.1. The van der Waals surface area contributed by atoms with Gasteiger partial charge in [0.2, 0.25) is 5.71 Å². The molecular weight excluding hydrogens is 465 g/mol. The lowest BCUT2D eigenvalue weighted by molar-refractivity contribution is -0.135. The molecule has 0 saturated carbocycles. The first-order chi connectivity index (χ1) is 17.1. The molecule has 0 spiro atoms. The van der Waals surface area contributed by atoms with Gasteiger partial charge in [-0.3, -0.25) is 0 Å². The van der Waals surface area contributed by atoms with Crippen LogP contribution in [-0.4, -0.2) is 30.1 Å². The smallest absolute Gasteiger partial charge is 0.362 e. The molecular formula is C27H24FN3O3S. The third kappa shape index (κ3) is 4.65. The Morgan fingerprint density at radius 3 is 1.86 bits per heavy atom. The van der Waals surface area contributed by atoms with Gasteiger partial charge in [-0.25, -0.2) is 14.2 Å². The number of oxime groups is 1. The van der Waals surface area contributed by atoms with E-state index in [-0.39, 0.29) is 23.0 Å². The molecule has 3 aromatic carbocycles. The summed E-state index contributed by atoms with van der Waals surface area (Å²) in [6.45, 7) is 0.556. The Labute approximate surface area is 206 Å². The molecule has 0 aliphatic rings. The van der Waals surface area contributed by atoms with E-state index >= 15 is 0 Å². The first-order valence-corrected chi connectivity index (χ1v) is 11.8. The van der Waals surface area contributed by atoms with Gasteiger partial charge in [0.25, 0.3) is 6.86 Å². The minimum Gasteiger partial charge on any atom is -0.461 e. The lowest BCUT2D eigenvalue weighted by Gasteiger charge is -2.34. The van der Waals surface area contributed by atoms with Crippen molar-refractivity contribution in [3.63, 3.8) is 0 Å². The van der Waals surface area contributed by atoms with E-state index in [0.717, 1.165) is 16.7 Å². The van der Waals surface area contributed by atoms with Crippen molar-refractivity contribution in [1.82, 2.24) is 4.98 Å². The zero-order valence-corrected chi connectivity index (χ0v) is 19.9. The van der Waals surface area contributed by atoms with E-state index in [1.807, 2.05) is 91.0 Å². The zero-order chi connectivity index (χ0) is 24.7. The molecule has 0 fully saturated rings. The van der Waals surface area contributed by atoms with Crippen molar-refractivity contribution in [1.29, 1.82) is 0 Å². The topological polar surface area (TPSA) is 86.8 Å². The monoisotopic (exact) mass is 489 g/mol. The Morgan fingerprint density at radius 1 is 0.943 bits per heavy atom. The highest BCUT2D eigenvalue weighted by atomic mass is 32.1. The summed E-state index contributed by atoms with van der Waals surface area (Å²) in [6.07, 6.45) is 0. The van der Waals surface area contributed by atoms with E-state index < -0.39 is 18.2 Å². The lowest BCUT2D eigenvalue weighted by atomic mass is 9.70. The van der Waals surface area contributed by atoms with Gasteiger partial charge in [0.1, 0.15) is 15.7 Å². The van der Waals surface area contributed by atoms with Gasteiger partial charge >= 0.3 is 5.97 Å². The number of nitrogens with zero attached hydrogens (tertiary/aromatic N) is 2. The number of alkyl halides is 1. The van der Waals surface area contributed by atoms with E-state index in [1.165, 1.54) is 11.3 Å². The molecule has 0 amide bonds. The molecule has 0 aliphatic heterocycles. The number of nitrogen functional groups attached to an aromatic ring is 1. The van der Waals surface area contributed by atoms with Gasteiger partial charge in [0.05, 0.1) is 12.0 Å². The molecule has 0 radical (unpaired) electrons. The standard InChI is InChI=1S/C27H24FN3O3S/c1-2-33-25(32)23(31-34-18-28)22-24(29)35-26(30-22)27(19-12-6-3-7-13-19,20-14-8-4-9-15-20)21-16-10-5-11-17-21/h3-17H,2,18,29H2,1H3/b31-23-. The number of hydrogen-bond acceptors (Lipinski definition) is 7. The molecule has 4 rings (SSSR count). The number of aromatic nitrogens is 1. The van der Waals surface area contributed by atoms with Crippen LogP contribution in [0.25, 0.3) is 0 Å². The maximum absolute atomic E-state index is 12.7. The molecule has 8 heteroatoms. The van der Waals surface area contributed by atoms with Crippen LogP contribution >= 0.6 is 11.3 Å². The molecule has 0 unspecified atom stereocenters.